The molecule has 252 valence electrons. The lowest BCUT2D eigenvalue weighted by molar-refractivity contribution is -0.689. The number of ether oxygens (including phenoxy) is 1. The minimum atomic E-state index is -1.89. The first-order chi connectivity index (χ1) is 23.4. The third-order valence-corrected chi connectivity index (χ3v) is 9.09. The number of hydrogen-bond donors (Lipinski definition) is 3. The third-order valence-electron chi connectivity index (χ3n) is 8.07. The Hall–Kier alpha value is -5.36. The summed E-state index contributed by atoms with van der Waals surface area (Å²) in [5.74, 6) is -3.11. The quantitative estimate of drug-likeness (QED) is 0.102. The lowest BCUT2D eigenvalue weighted by atomic mass is 9.82. The Morgan fingerprint density at radius 2 is 1.88 bits per heavy atom. The van der Waals surface area contributed by atoms with Gasteiger partial charge in [-0.15, -0.1) is 16.0 Å². The highest BCUT2D eigenvalue weighted by atomic mass is 32.1. The summed E-state index contributed by atoms with van der Waals surface area (Å²) in [6.07, 6.45) is 3.24. The number of carbonyl (C=O) groups is 2. The molecular weight excluding hydrogens is 652 g/mol. The zero-order valence-electron chi connectivity index (χ0n) is 27.0. The Bertz CT molecular complexity index is 2020. The predicted octanol–water partition coefficient (Wildman–Crippen LogP) is 3.78. The maximum absolute atomic E-state index is 15.3. The van der Waals surface area contributed by atoms with E-state index >= 15 is 4.39 Å². The van der Waals surface area contributed by atoms with Gasteiger partial charge in [0.2, 0.25) is 12.2 Å². The van der Waals surface area contributed by atoms with E-state index in [0.29, 0.717) is 39.7 Å². The number of nitriles is 1. The van der Waals surface area contributed by atoms with Gasteiger partial charge in [-0.1, -0.05) is 25.1 Å². The normalized spacial score (nSPS) is 12.9. The van der Waals surface area contributed by atoms with E-state index in [1.54, 1.807) is 62.3 Å². The van der Waals surface area contributed by atoms with E-state index in [9.17, 15) is 19.1 Å². The first-order valence-corrected chi connectivity index (χ1v) is 16.1. The lowest BCUT2D eigenvalue weighted by Crippen LogP contribution is -2.39. The van der Waals surface area contributed by atoms with Crippen LogP contribution in [0.1, 0.15) is 45.7 Å². The second-order valence-corrected chi connectivity index (χ2v) is 12.5. The number of esters is 1. The Morgan fingerprint density at radius 1 is 1.16 bits per heavy atom. The Balaban J connectivity index is 1.37. The van der Waals surface area contributed by atoms with Crippen molar-refractivity contribution in [2.24, 2.45) is 5.73 Å². The molecule has 0 saturated heterocycles. The van der Waals surface area contributed by atoms with Crippen LogP contribution in [0.15, 0.2) is 72.6 Å². The monoisotopic (exact) mass is 686 g/mol. The lowest BCUT2D eigenvalue weighted by Gasteiger charge is -2.32. The van der Waals surface area contributed by atoms with Crippen molar-refractivity contribution in [2.45, 2.75) is 45.4 Å². The number of aromatic nitrogens is 4. The van der Waals surface area contributed by atoms with Crippen molar-refractivity contribution < 1.29 is 32.8 Å². The van der Waals surface area contributed by atoms with Crippen LogP contribution in [0.2, 0.25) is 0 Å². The molecule has 5 aromatic rings. The number of nitrogens with one attached hydrogen (secondary N) is 1. The van der Waals surface area contributed by atoms with E-state index < -0.39 is 35.0 Å². The summed E-state index contributed by atoms with van der Waals surface area (Å²) in [5.41, 5.74) is 7.50. The minimum absolute atomic E-state index is 0.0995. The second-order valence-electron chi connectivity index (χ2n) is 11.7. The number of halogens is 2. The molecule has 2 atom stereocenters. The smallest absolute Gasteiger partial charge is 0.330 e. The maximum Gasteiger partial charge on any atom is 0.330 e. The predicted molar refractivity (Wildman–Crippen MR) is 176 cm³/mol. The van der Waals surface area contributed by atoms with Gasteiger partial charge in [0.25, 0.3) is 6.33 Å². The van der Waals surface area contributed by atoms with Gasteiger partial charge in [-0.2, -0.15) is 5.26 Å². The van der Waals surface area contributed by atoms with Gasteiger partial charge in [0.15, 0.2) is 0 Å². The number of aliphatic hydroxyl groups is 1. The van der Waals surface area contributed by atoms with E-state index in [1.807, 2.05) is 17.5 Å². The van der Waals surface area contributed by atoms with Crippen LogP contribution in [0.3, 0.4) is 0 Å². The highest BCUT2D eigenvalue weighted by Crippen LogP contribution is 2.41. The average molecular weight is 687 g/mol. The van der Waals surface area contributed by atoms with Crippen LogP contribution < -0.4 is 20.4 Å². The molecule has 2 heterocycles. The van der Waals surface area contributed by atoms with E-state index in [0.717, 1.165) is 23.3 Å². The number of aryl methyl sites for hydroxylation is 2. The van der Waals surface area contributed by atoms with E-state index in [4.69, 9.17) is 20.7 Å². The molecule has 0 radical (unpaired) electrons. The molecule has 0 aliphatic rings. The van der Waals surface area contributed by atoms with Crippen LogP contribution in [0.5, 0.6) is 5.75 Å². The largest absolute Gasteiger partial charge is 0.425 e. The van der Waals surface area contributed by atoms with Gasteiger partial charge in [0, 0.05) is 33.6 Å². The zero-order chi connectivity index (χ0) is 35.3. The van der Waals surface area contributed by atoms with E-state index in [1.165, 1.54) is 22.1 Å². The van der Waals surface area contributed by atoms with Gasteiger partial charge in [-0.05, 0) is 60.9 Å². The van der Waals surface area contributed by atoms with Crippen LogP contribution in [0.4, 0.5) is 8.78 Å². The van der Waals surface area contributed by atoms with Crippen molar-refractivity contribution in [1.82, 2.24) is 20.1 Å². The van der Waals surface area contributed by atoms with Crippen molar-refractivity contribution in [3.8, 4) is 23.1 Å². The van der Waals surface area contributed by atoms with Crippen LogP contribution >= 0.6 is 11.3 Å². The molecule has 2 unspecified atom stereocenters. The summed E-state index contributed by atoms with van der Waals surface area (Å²) in [6, 6.07) is 15.8. The topological polar surface area (TPSA) is 160 Å². The molecule has 4 N–H and O–H groups in total. The Kier molecular flexibility index (Phi) is 10.6. The highest BCUT2D eigenvalue weighted by Gasteiger charge is 2.43. The summed E-state index contributed by atoms with van der Waals surface area (Å²) >= 11 is 1.30. The van der Waals surface area contributed by atoms with Crippen LogP contribution in [0, 0.1) is 36.8 Å². The van der Waals surface area contributed by atoms with Crippen molar-refractivity contribution in [3.63, 3.8) is 0 Å². The fraction of sp³-hybridized carbons (Fsp3) is 0.257. The molecule has 0 aliphatic carbocycles. The number of nitrogens with two attached hydrogens (primary N) is 1. The molecule has 0 saturated carbocycles. The van der Waals surface area contributed by atoms with Crippen molar-refractivity contribution in [3.05, 3.63) is 117 Å². The molecule has 49 heavy (non-hydrogen) atoms. The molecule has 1 amide bonds. The van der Waals surface area contributed by atoms with Gasteiger partial charge in [0.05, 0.1) is 35.4 Å². The molecule has 2 aromatic heterocycles. The molecule has 0 fully saturated rings. The first-order valence-electron chi connectivity index (χ1n) is 15.2. The van der Waals surface area contributed by atoms with Gasteiger partial charge >= 0.3 is 5.97 Å². The van der Waals surface area contributed by atoms with Crippen LogP contribution in [-0.2, 0) is 28.3 Å². The molecule has 0 spiro atoms. The number of rotatable bonds is 12. The Morgan fingerprint density at radius 3 is 2.53 bits per heavy atom. The fourth-order valence-electron chi connectivity index (χ4n) is 5.50. The molecular formula is C35H34F2N7O4S+. The first kappa shape index (κ1) is 35.0. The van der Waals surface area contributed by atoms with E-state index in [-0.39, 0.29) is 25.2 Å². The molecule has 3 aromatic carbocycles. The third kappa shape index (κ3) is 8.03. The summed E-state index contributed by atoms with van der Waals surface area (Å²) < 4.78 is 38.0. The highest BCUT2D eigenvalue weighted by molar-refractivity contribution is 7.10. The summed E-state index contributed by atoms with van der Waals surface area (Å²) in [5, 5.41) is 30.5. The molecule has 0 aliphatic heterocycles. The summed E-state index contributed by atoms with van der Waals surface area (Å²) in [4.78, 5) is 28.3. The number of carbonyl (C=O) groups excluding carboxylic acids is 2. The molecule has 0 bridgehead atoms. The van der Waals surface area contributed by atoms with Crippen LogP contribution in [-0.4, -0.2) is 44.8 Å². The van der Waals surface area contributed by atoms with Crippen LogP contribution in [0.25, 0.3) is 11.3 Å². The van der Waals surface area contributed by atoms with Gasteiger partial charge in [-0.25, -0.2) is 23.1 Å². The zero-order valence-corrected chi connectivity index (χ0v) is 27.8. The molecule has 5 rings (SSSR count). The minimum Gasteiger partial charge on any atom is -0.425 e. The number of nitrogens with zero attached hydrogens (tertiary/aromatic N) is 5. The Labute approximate surface area is 285 Å². The molecule has 14 heteroatoms. The number of benzene rings is 3. The van der Waals surface area contributed by atoms with Gasteiger partial charge in [0.1, 0.15) is 36.1 Å². The standard InChI is InChI=1S/C35H33F2N7O4S/c1-21-10-25(11-22(2)33(21)48-32(46)15-40-31(45)14-39)16-43-19-41-44(20-43)18-35(47,28-9-8-27(36)12-29(28)37)23(3)34-42-30(17-49-34)26-6-4-24(13-38)5-7-26/h4-12,17,19-20,23,47H,14-16,18,39H2,1-3H3/p+1. The maximum atomic E-state index is 15.3. The average Bonchev–Trinajstić information content (AvgIpc) is 3.74. The van der Waals surface area contributed by atoms with Crippen molar-refractivity contribution >= 4 is 23.2 Å². The van der Waals surface area contributed by atoms with Gasteiger partial charge < -0.3 is 20.9 Å². The number of amides is 1. The fourth-order valence-corrected chi connectivity index (χ4v) is 6.48. The van der Waals surface area contributed by atoms with Gasteiger partial charge in [-0.3, -0.25) is 4.79 Å². The SMILES string of the molecule is Cc1cc(C[n+]2cnn(CC(O)(c3ccc(F)cc3F)C(C)c3nc(-c4ccc(C#N)cc4)cs3)c2)cc(C)c1OC(=O)CNC(=O)CN. The molecule has 11 nitrogen and oxygen atoms in total. The van der Waals surface area contributed by atoms with E-state index in [2.05, 4.69) is 16.5 Å². The van der Waals surface area contributed by atoms with Crippen molar-refractivity contribution in [1.29, 1.82) is 5.26 Å². The number of thiazole rings is 1. The number of hydrogen-bond acceptors (Lipinski definition) is 9. The summed E-state index contributed by atoms with van der Waals surface area (Å²) in [7, 11) is 0. The van der Waals surface area contributed by atoms with Crippen molar-refractivity contribution in [2.75, 3.05) is 13.1 Å². The summed E-state index contributed by atoms with van der Waals surface area (Å²) in [6.45, 7) is 4.99. The second kappa shape index (κ2) is 14.8.